The van der Waals surface area contributed by atoms with E-state index in [2.05, 4.69) is 12.1 Å². The second kappa shape index (κ2) is 8.63. The summed E-state index contributed by atoms with van der Waals surface area (Å²) in [5.74, 6) is 1.83. The first kappa shape index (κ1) is 17.4. The molecular weight excluding hydrogens is 306 g/mol. The first-order valence-corrected chi connectivity index (χ1v) is 8.68. The molecule has 0 unspecified atom stereocenters. The van der Waals surface area contributed by atoms with Crippen LogP contribution in [-0.2, 0) is 17.1 Å². The van der Waals surface area contributed by atoms with Crippen LogP contribution in [0.2, 0.25) is 0 Å². The van der Waals surface area contributed by atoms with E-state index in [1.54, 1.807) is 23.8 Å². The van der Waals surface area contributed by atoms with Gasteiger partial charge in [-0.1, -0.05) is 42.5 Å². The molecule has 1 atom stereocenters. The summed E-state index contributed by atoms with van der Waals surface area (Å²) in [5, 5.41) is -0.0570. The molecule has 0 fully saturated rings. The van der Waals surface area contributed by atoms with E-state index in [1.165, 1.54) is 5.56 Å². The molecule has 0 spiro atoms. The molecule has 2 aromatic carbocycles. The van der Waals surface area contributed by atoms with Crippen molar-refractivity contribution in [3.8, 4) is 5.75 Å². The van der Waals surface area contributed by atoms with Crippen LogP contribution < -0.4 is 4.74 Å². The highest BCUT2D eigenvalue weighted by Crippen LogP contribution is 2.20. The van der Waals surface area contributed by atoms with Gasteiger partial charge in [-0.05, 0) is 30.2 Å². The zero-order valence-electron chi connectivity index (χ0n) is 13.9. The van der Waals surface area contributed by atoms with Crippen molar-refractivity contribution in [1.82, 2.24) is 4.90 Å². The Morgan fingerprint density at radius 1 is 1.09 bits per heavy atom. The number of ether oxygens (including phenoxy) is 1. The molecule has 0 saturated carbocycles. The minimum Gasteiger partial charge on any atom is -0.497 e. The number of benzene rings is 2. The summed E-state index contributed by atoms with van der Waals surface area (Å²) in [7, 11) is 3.50. The lowest BCUT2D eigenvalue weighted by molar-refractivity contribution is -0.129. The van der Waals surface area contributed by atoms with Crippen molar-refractivity contribution < 1.29 is 9.53 Å². The fraction of sp³-hybridized carbons (Fsp3) is 0.316. The van der Waals surface area contributed by atoms with Crippen LogP contribution in [0.3, 0.4) is 0 Å². The van der Waals surface area contributed by atoms with Crippen LogP contribution in [0.4, 0.5) is 0 Å². The van der Waals surface area contributed by atoms with Crippen molar-refractivity contribution in [3.63, 3.8) is 0 Å². The fourth-order valence-corrected chi connectivity index (χ4v) is 3.22. The fourth-order valence-electron chi connectivity index (χ4n) is 2.26. The first-order valence-electron chi connectivity index (χ1n) is 7.63. The van der Waals surface area contributed by atoms with E-state index in [0.29, 0.717) is 6.54 Å². The smallest absolute Gasteiger partial charge is 0.235 e. The van der Waals surface area contributed by atoms with Gasteiger partial charge >= 0.3 is 0 Å². The predicted molar refractivity (Wildman–Crippen MR) is 96.7 cm³/mol. The van der Waals surface area contributed by atoms with Crippen LogP contribution in [0.25, 0.3) is 0 Å². The van der Waals surface area contributed by atoms with Crippen molar-refractivity contribution in [3.05, 3.63) is 65.7 Å². The quantitative estimate of drug-likeness (QED) is 0.769. The number of carbonyl (C=O) groups is 1. The lowest BCUT2D eigenvalue weighted by atomic mass is 10.2. The third-order valence-electron chi connectivity index (χ3n) is 3.65. The molecule has 0 aromatic heterocycles. The molecule has 23 heavy (non-hydrogen) atoms. The molecule has 1 amide bonds. The van der Waals surface area contributed by atoms with Gasteiger partial charge in [-0.2, -0.15) is 0 Å². The molecule has 2 rings (SSSR count). The molecule has 4 heteroatoms. The Balaban J connectivity index is 1.85. The first-order chi connectivity index (χ1) is 11.1. The van der Waals surface area contributed by atoms with E-state index in [4.69, 9.17) is 4.74 Å². The molecule has 0 aliphatic carbocycles. The molecule has 0 saturated heterocycles. The van der Waals surface area contributed by atoms with E-state index in [0.717, 1.165) is 17.1 Å². The normalized spacial score (nSPS) is 11.8. The zero-order chi connectivity index (χ0) is 16.7. The van der Waals surface area contributed by atoms with Crippen LogP contribution in [-0.4, -0.2) is 30.2 Å². The summed E-state index contributed by atoms with van der Waals surface area (Å²) < 4.78 is 5.15. The van der Waals surface area contributed by atoms with Gasteiger partial charge in [-0.25, -0.2) is 0 Å². The number of rotatable bonds is 7. The van der Waals surface area contributed by atoms with Gasteiger partial charge in [-0.15, -0.1) is 11.8 Å². The van der Waals surface area contributed by atoms with Crippen LogP contribution >= 0.6 is 11.8 Å². The molecule has 0 heterocycles. The summed E-state index contributed by atoms with van der Waals surface area (Å²) in [6, 6.07) is 18.1. The number of nitrogens with zero attached hydrogens (tertiary/aromatic N) is 1. The topological polar surface area (TPSA) is 29.5 Å². The summed E-state index contributed by atoms with van der Waals surface area (Å²) in [6.07, 6.45) is 0. The monoisotopic (exact) mass is 329 g/mol. The Bertz CT molecular complexity index is 613. The molecule has 3 nitrogen and oxygen atoms in total. The Labute approximate surface area is 142 Å². The van der Waals surface area contributed by atoms with Gasteiger partial charge in [0.1, 0.15) is 5.75 Å². The SMILES string of the molecule is COc1ccc(CN(C)C(=O)[C@@H](C)SCc2ccccc2)cc1. The van der Waals surface area contributed by atoms with Gasteiger partial charge in [0.15, 0.2) is 0 Å². The summed E-state index contributed by atoms with van der Waals surface area (Å²) in [5.41, 5.74) is 2.34. The van der Waals surface area contributed by atoms with Gasteiger partial charge in [0, 0.05) is 19.3 Å². The van der Waals surface area contributed by atoms with Crippen LogP contribution in [0.15, 0.2) is 54.6 Å². The number of methoxy groups -OCH3 is 1. The highest BCUT2D eigenvalue weighted by molar-refractivity contribution is 7.99. The molecular formula is C19H23NO2S. The van der Waals surface area contributed by atoms with Crippen LogP contribution in [0.1, 0.15) is 18.1 Å². The summed E-state index contributed by atoms with van der Waals surface area (Å²) in [6.45, 7) is 2.58. The highest BCUT2D eigenvalue weighted by atomic mass is 32.2. The minimum atomic E-state index is -0.0570. The average molecular weight is 329 g/mol. The maximum absolute atomic E-state index is 12.5. The second-order valence-corrected chi connectivity index (χ2v) is 6.81. The summed E-state index contributed by atoms with van der Waals surface area (Å²) >= 11 is 1.67. The molecule has 122 valence electrons. The van der Waals surface area contributed by atoms with Crippen molar-refractivity contribution in [2.45, 2.75) is 24.5 Å². The van der Waals surface area contributed by atoms with Crippen molar-refractivity contribution in [2.75, 3.05) is 14.2 Å². The number of thioether (sulfide) groups is 1. The third-order valence-corrected chi connectivity index (χ3v) is 4.85. The molecule has 0 bridgehead atoms. The van der Waals surface area contributed by atoms with Gasteiger partial charge in [-0.3, -0.25) is 4.79 Å². The number of amides is 1. The van der Waals surface area contributed by atoms with E-state index < -0.39 is 0 Å². The molecule has 2 aromatic rings. The molecule has 0 radical (unpaired) electrons. The molecule has 0 aliphatic rings. The lowest BCUT2D eigenvalue weighted by Gasteiger charge is -2.21. The van der Waals surface area contributed by atoms with Gasteiger partial charge in [0.05, 0.1) is 12.4 Å². The maximum Gasteiger partial charge on any atom is 0.235 e. The number of carbonyl (C=O) groups excluding carboxylic acids is 1. The van der Waals surface area contributed by atoms with E-state index in [1.807, 2.05) is 56.4 Å². The second-order valence-electron chi connectivity index (χ2n) is 5.48. The van der Waals surface area contributed by atoms with Gasteiger partial charge in [0.2, 0.25) is 5.91 Å². The van der Waals surface area contributed by atoms with Crippen molar-refractivity contribution >= 4 is 17.7 Å². The van der Waals surface area contributed by atoms with Crippen LogP contribution in [0, 0.1) is 0 Å². The maximum atomic E-state index is 12.5. The van der Waals surface area contributed by atoms with E-state index in [9.17, 15) is 4.79 Å². The average Bonchev–Trinajstić information content (AvgIpc) is 2.60. The highest BCUT2D eigenvalue weighted by Gasteiger charge is 2.18. The molecule has 0 N–H and O–H groups in total. The zero-order valence-corrected chi connectivity index (χ0v) is 14.7. The summed E-state index contributed by atoms with van der Waals surface area (Å²) in [4.78, 5) is 14.3. The van der Waals surface area contributed by atoms with E-state index in [-0.39, 0.29) is 11.2 Å². The van der Waals surface area contributed by atoms with Gasteiger partial charge in [0.25, 0.3) is 0 Å². The van der Waals surface area contributed by atoms with Crippen molar-refractivity contribution in [1.29, 1.82) is 0 Å². The predicted octanol–water partition coefficient (Wildman–Crippen LogP) is 3.98. The third kappa shape index (κ3) is 5.32. The Morgan fingerprint density at radius 3 is 2.35 bits per heavy atom. The minimum absolute atomic E-state index is 0.0570. The standard InChI is InChI=1S/C19H23NO2S/c1-15(23-14-17-7-5-4-6-8-17)19(21)20(2)13-16-9-11-18(22-3)12-10-16/h4-12,15H,13-14H2,1-3H3/t15-/m1/s1. The Hall–Kier alpha value is -1.94. The lowest BCUT2D eigenvalue weighted by Crippen LogP contribution is -2.32. The Kier molecular flexibility index (Phi) is 6.53. The van der Waals surface area contributed by atoms with Crippen molar-refractivity contribution in [2.24, 2.45) is 0 Å². The van der Waals surface area contributed by atoms with Crippen LogP contribution in [0.5, 0.6) is 5.75 Å². The molecule has 0 aliphatic heterocycles. The number of hydrogen-bond donors (Lipinski definition) is 0. The number of hydrogen-bond acceptors (Lipinski definition) is 3. The van der Waals surface area contributed by atoms with E-state index >= 15 is 0 Å². The largest absolute Gasteiger partial charge is 0.497 e. The van der Waals surface area contributed by atoms with Gasteiger partial charge < -0.3 is 9.64 Å². The Morgan fingerprint density at radius 2 is 1.74 bits per heavy atom.